The zero-order valence-electron chi connectivity index (χ0n) is 11.8. The Morgan fingerprint density at radius 3 is 2.68 bits per heavy atom. The van der Waals surface area contributed by atoms with Crippen LogP contribution >= 0.6 is 0 Å². The number of carbonyl (C=O) groups is 1. The Morgan fingerprint density at radius 2 is 2.11 bits per heavy atom. The number of ether oxygens (including phenoxy) is 1. The summed E-state index contributed by atoms with van der Waals surface area (Å²) in [7, 11) is 1.35. The maximum absolute atomic E-state index is 11.6. The number of carbonyl (C=O) groups excluding carboxylic acids is 1. The average molecular weight is 265 g/mol. The lowest BCUT2D eigenvalue weighted by Crippen LogP contribution is -2.17. The van der Waals surface area contributed by atoms with Gasteiger partial charge in [-0.25, -0.2) is 9.78 Å². The van der Waals surface area contributed by atoms with Crippen molar-refractivity contribution >= 4 is 11.8 Å². The summed E-state index contributed by atoms with van der Waals surface area (Å²) in [5.41, 5.74) is 6.33. The summed E-state index contributed by atoms with van der Waals surface area (Å²) in [6.45, 7) is 2.90. The zero-order chi connectivity index (χ0) is 13.8. The Bertz CT molecular complexity index is 448. The minimum atomic E-state index is -0.449. The van der Waals surface area contributed by atoms with E-state index in [0.29, 0.717) is 11.7 Å². The molecule has 0 spiro atoms. The predicted octanol–water partition coefficient (Wildman–Crippen LogP) is 2.39. The van der Waals surface area contributed by atoms with Crippen molar-refractivity contribution in [2.45, 2.75) is 52.0 Å². The number of aryl methyl sites for hydroxylation is 1. The second kappa shape index (κ2) is 6.08. The molecule has 0 aliphatic heterocycles. The van der Waals surface area contributed by atoms with Gasteiger partial charge in [-0.1, -0.05) is 26.2 Å². The van der Waals surface area contributed by atoms with E-state index in [-0.39, 0.29) is 5.69 Å². The van der Waals surface area contributed by atoms with Crippen molar-refractivity contribution in [1.82, 2.24) is 9.55 Å². The lowest BCUT2D eigenvalue weighted by Gasteiger charge is -2.23. The minimum Gasteiger partial charge on any atom is -0.464 e. The molecule has 1 heterocycles. The van der Waals surface area contributed by atoms with Gasteiger partial charge < -0.3 is 15.0 Å². The number of hydrogen-bond donors (Lipinski definition) is 1. The molecule has 0 aromatic carbocycles. The number of hydrogen-bond acceptors (Lipinski definition) is 4. The number of nitrogens with zero attached hydrogens (tertiary/aromatic N) is 2. The smallest absolute Gasteiger partial charge is 0.360 e. The molecule has 0 amide bonds. The van der Waals surface area contributed by atoms with Crippen LogP contribution in [-0.2, 0) is 17.7 Å². The molecule has 1 fully saturated rings. The third-order valence-electron chi connectivity index (χ3n) is 3.95. The van der Waals surface area contributed by atoms with Crippen molar-refractivity contribution in [3.63, 3.8) is 0 Å². The Morgan fingerprint density at radius 1 is 1.42 bits per heavy atom. The summed E-state index contributed by atoms with van der Waals surface area (Å²) in [6, 6.07) is 0. The average Bonchev–Trinajstić information content (AvgIpc) is 2.76. The van der Waals surface area contributed by atoms with Gasteiger partial charge in [0.05, 0.1) is 7.11 Å². The molecule has 5 nitrogen and oxygen atoms in total. The number of esters is 1. The van der Waals surface area contributed by atoms with Crippen LogP contribution in [0.15, 0.2) is 0 Å². The van der Waals surface area contributed by atoms with Gasteiger partial charge in [-0.3, -0.25) is 0 Å². The first-order valence-corrected chi connectivity index (χ1v) is 7.10. The third kappa shape index (κ3) is 2.91. The first kappa shape index (κ1) is 13.9. The second-order valence-corrected chi connectivity index (χ2v) is 5.22. The standard InChI is InChI=1S/C14H23N3O2/c1-3-11-16-12(14(18)19-2)13(15)17(11)9-10-7-5-4-6-8-10/h10H,3-9,15H2,1-2H3. The normalized spacial score (nSPS) is 16.5. The fourth-order valence-corrected chi connectivity index (χ4v) is 2.86. The quantitative estimate of drug-likeness (QED) is 0.849. The first-order chi connectivity index (χ1) is 9.17. The lowest BCUT2D eigenvalue weighted by molar-refractivity contribution is 0.0595. The van der Waals surface area contributed by atoms with Crippen molar-refractivity contribution in [3.8, 4) is 0 Å². The number of imidazole rings is 1. The fraction of sp³-hybridized carbons (Fsp3) is 0.714. The summed E-state index contributed by atoms with van der Waals surface area (Å²) in [5, 5.41) is 0. The molecule has 0 radical (unpaired) electrons. The van der Waals surface area contributed by atoms with E-state index >= 15 is 0 Å². The zero-order valence-corrected chi connectivity index (χ0v) is 11.8. The van der Waals surface area contributed by atoms with Crippen molar-refractivity contribution in [1.29, 1.82) is 0 Å². The molecule has 1 aliphatic rings. The van der Waals surface area contributed by atoms with E-state index in [4.69, 9.17) is 10.5 Å². The number of methoxy groups -OCH3 is 1. The monoisotopic (exact) mass is 265 g/mol. The molecule has 106 valence electrons. The number of aromatic nitrogens is 2. The highest BCUT2D eigenvalue weighted by molar-refractivity contribution is 5.92. The van der Waals surface area contributed by atoms with Crippen LogP contribution in [0, 0.1) is 5.92 Å². The van der Waals surface area contributed by atoms with E-state index in [9.17, 15) is 4.79 Å². The molecule has 19 heavy (non-hydrogen) atoms. The summed E-state index contributed by atoms with van der Waals surface area (Å²) < 4.78 is 6.73. The molecule has 0 saturated heterocycles. The summed E-state index contributed by atoms with van der Waals surface area (Å²) >= 11 is 0. The minimum absolute atomic E-state index is 0.259. The predicted molar refractivity (Wildman–Crippen MR) is 73.9 cm³/mol. The van der Waals surface area contributed by atoms with E-state index in [1.54, 1.807) is 0 Å². The molecular weight excluding hydrogens is 242 g/mol. The largest absolute Gasteiger partial charge is 0.464 e. The second-order valence-electron chi connectivity index (χ2n) is 5.22. The molecule has 1 aliphatic carbocycles. The van der Waals surface area contributed by atoms with Gasteiger partial charge in [0, 0.05) is 13.0 Å². The SMILES string of the molecule is CCc1nc(C(=O)OC)c(N)n1CC1CCCCC1. The van der Waals surface area contributed by atoms with Crippen LogP contribution in [0.2, 0.25) is 0 Å². The Balaban J connectivity index is 2.22. The van der Waals surface area contributed by atoms with E-state index in [0.717, 1.165) is 18.8 Å². The maximum atomic E-state index is 11.6. The topological polar surface area (TPSA) is 70.1 Å². The van der Waals surface area contributed by atoms with Crippen LogP contribution in [0.3, 0.4) is 0 Å². The Hall–Kier alpha value is -1.52. The van der Waals surface area contributed by atoms with Crippen LogP contribution in [0.1, 0.15) is 55.3 Å². The molecule has 2 N–H and O–H groups in total. The van der Waals surface area contributed by atoms with E-state index in [1.807, 2.05) is 11.5 Å². The van der Waals surface area contributed by atoms with E-state index in [1.165, 1.54) is 39.2 Å². The number of anilines is 1. The van der Waals surface area contributed by atoms with Gasteiger partial charge in [0.15, 0.2) is 5.69 Å². The fourth-order valence-electron chi connectivity index (χ4n) is 2.86. The molecule has 2 rings (SSSR count). The van der Waals surface area contributed by atoms with Gasteiger partial charge in [-0.15, -0.1) is 0 Å². The number of rotatable bonds is 4. The Kier molecular flexibility index (Phi) is 4.45. The summed E-state index contributed by atoms with van der Waals surface area (Å²) in [5.74, 6) is 1.54. The van der Waals surface area contributed by atoms with Gasteiger partial charge in [0.2, 0.25) is 0 Å². The number of nitrogen functional groups attached to an aromatic ring is 1. The summed E-state index contributed by atoms with van der Waals surface area (Å²) in [6.07, 6.45) is 7.19. The highest BCUT2D eigenvalue weighted by atomic mass is 16.5. The molecule has 1 saturated carbocycles. The molecule has 1 aromatic heterocycles. The van der Waals surface area contributed by atoms with E-state index < -0.39 is 5.97 Å². The lowest BCUT2D eigenvalue weighted by atomic mass is 9.89. The van der Waals surface area contributed by atoms with Crippen LogP contribution in [0.5, 0.6) is 0 Å². The maximum Gasteiger partial charge on any atom is 0.360 e. The molecule has 0 bridgehead atoms. The van der Waals surface area contributed by atoms with Gasteiger partial charge in [0.1, 0.15) is 11.6 Å². The molecule has 0 unspecified atom stereocenters. The van der Waals surface area contributed by atoms with Gasteiger partial charge in [0.25, 0.3) is 0 Å². The van der Waals surface area contributed by atoms with Gasteiger partial charge >= 0.3 is 5.97 Å². The highest BCUT2D eigenvalue weighted by Gasteiger charge is 2.23. The van der Waals surface area contributed by atoms with Gasteiger partial charge in [-0.05, 0) is 18.8 Å². The van der Waals surface area contributed by atoms with Crippen LogP contribution < -0.4 is 5.73 Å². The van der Waals surface area contributed by atoms with Crippen LogP contribution in [0.25, 0.3) is 0 Å². The Labute approximate surface area is 114 Å². The molecular formula is C14H23N3O2. The van der Waals surface area contributed by atoms with Crippen molar-refractivity contribution in [2.24, 2.45) is 5.92 Å². The third-order valence-corrected chi connectivity index (χ3v) is 3.95. The molecule has 5 heteroatoms. The highest BCUT2D eigenvalue weighted by Crippen LogP contribution is 2.27. The molecule has 0 atom stereocenters. The van der Waals surface area contributed by atoms with Crippen molar-refractivity contribution in [3.05, 3.63) is 11.5 Å². The van der Waals surface area contributed by atoms with Crippen molar-refractivity contribution < 1.29 is 9.53 Å². The first-order valence-electron chi connectivity index (χ1n) is 7.10. The molecule has 1 aromatic rings. The van der Waals surface area contributed by atoms with Crippen molar-refractivity contribution in [2.75, 3.05) is 12.8 Å². The van der Waals surface area contributed by atoms with Crippen LogP contribution in [-0.4, -0.2) is 22.6 Å². The van der Waals surface area contributed by atoms with E-state index in [2.05, 4.69) is 4.98 Å². The van der Waals surface area contributed by atoms with Crippen LogP contribution in [0.4, 0.5) is 5.82 Å². The van der Waals surface area contributed by atoms with Gasteiger partial charge in [-0.2, -0.15) is 0 Å². The summed E-state index contributed by atoms with van der Waals surface area (Å²) in [4.78, 5) is 16.0. The number of nitrogens with two attached hydrogens (primary N) is 1.